The van der Waals surface area contributed by atoms with Gasteiger partial charge in [-0.25, -0.2) is 4.98 Å². The number of ether oxygens (including phenoxy) is 2. The third kappa shape index (κ3) is 3.51. The van der Waals surface area contributed by atoms with Crippen molar-refractivity contribution in [2.45, 2.75) is 12.8 Å². The van der Waals surface area contributed by atoms with Crippen LogP contribution in [-0.2, 0) is 22.4 Å². The molecular formula is C12H13N3O4. The second kappa shape index (κ2) is 5.94. The molecule has 2 aromatic heterocycles. The quantitative estimate of drug-likeness (QED) is 0.736. The van der Waals surface area contributed by atoms with Crippen LogP contribution in [0.25, 0.3) is 0 Å². The van der Waals surface area contributed by atoms with Crippen LogP contribution in [0.4, 0.5) is 0 Å². The molecule has 0 aliphatic rings. The summed E-state index contributed by atoms with van der Waals surface area (Å²) in [4.78, 5) is 19.2. The highest BCUT2D eigenvalue weighted by Crippen LogP contribution is 2.10. The second-order valence-electron chi connectivity index (χ2n) is 3.74. The highest BCUT2D eigenvalue weighted by Gasteiger charge is 2.11. The van der Waals surface area contributed by atoms with Gasteiger partial charge in [0.2, 0.25) is 11.8 Å². The number of aromatic nitrogens is 3. The van der Waals surface area contributed by atoms with Crippen molar-refractivity contribution in [2.75, 3.05) is 14.2 Å². The van der Waals surface area contributed by atoms with Crippen LogP contribution in [-0.4, -0.2) is 35.3 Å². The van der Waals surface area contributed by atoms with Gasteiger partial charge in [0, 0.05) is 18.7 Å². The number of methoxy groups -OCH3 is 2. The second-order valence-corrected chi connectivity index (χ2v) is 3.74. The van der Waals surface area contributed by atoms with Crippen LogP contribution in [0.2, 0.25) is 0 Å². The molecule has 0 bridgehead atoms. The summed E-state index contributed by atoms with van der Waals surface area (Å²) in [5.41, 5.74) is 0.922. The number of hydrogen-bond donors (Lipinski definition) is 0. The van der Waals surface area contributed by atoms with Crippen molar-refractivity contribution in [2.24, 2.45) is 0 Å². The maximum atomic E-state index is 11.0. The Morgan fingerprint density at radius 3 is 2.84 bits per heavy atom. The molecule has 0 atom stereocenters. The lowest BCUT2D eigenvalue weighted by atomic mass is 10.2. The van der Waals surface area contributed by atoms with E-state index in [-0.39, 0.29) is 12.3 Å². The van der Waals surface area contributed by atoms with Gasteiger partial charge in [-0.3, -0.25) is 4.79 Å². The average molecular weight is 263 g/mol. The van der Waals surface area contributed by atoms with E-state index in [1.54, 1.807) is 19.4 Å². The molecule has 0 unspecified atom stereocenters. The molecule has 0 radical (unpaired) electrons. The van der Waals surface area contributed by atoms with E-state index < -0.39 is 5.97 Å². The van der Waals surface area contributed by atoms with E-state index >= 15 is 0 Å². The molecule has 2 aromatic rings. The summed E-state index contributed by atoms with van der Waals surface area (Å²) < 4.78 is 14.4. The first-order valence-electron chi connectivity index (χ1n) is 5.58. The van der Waals surface area contributed by atoms with Crippen molar-refractivity contribution >= 4 is 5.97 Å². The zero-order valence-corrected chi connectivity index (χ0v) is 10.6. The molecule has 0 saturated heterocycles. The summed E-state index contributed by atoms with van der Waals surface area (Å²) in [6, 6.07) is 3.62. The van der Waals surface area contributed by atoms with Crippen molar-refractivity contribution in [3.05, 3.63) is 35.6 Å². The minimum absolute atomic E-state index is 0.0234. The number of carbonyl (C=O) groups excluding carboxylic acids is 1. The highest BCUT2D eigenvalue weighted by molar-refractivity contribution is 5.71. The molecular weight excluding hydrogens is 250 g/mol. The zero-order chi connectivity index (χ0) is 13.7. The van der Waals surface area contributed by atoms with Crippen molar-refractivity contribution < 1.29 is 18.8 Å². The van der Waals surface area contributed by atoms with Gasteiger partial charge < -0.3 is 14.0 Å². The minimum Gasteiger partial charge on any atom is -0.481 e. The number of hydrogen-bond acceptors (Lipinski definition) is 7. The van der Waals surface area contributed by atoms with E-state index in [2.05, 4.69) is 19.9 Å². The molecule has 100 valence electrons. The lowest BCUT2D eigenvalue weighted by Gasteiger charge is -1.99. The summed E-state index contributed by atoms with van der Waals surface area (Å²) in [6.07, 6.45) is 2.13. The molecule has 0 aromatic carbocycles. The van der Waals surface area contributed by atoms with E-state index in [4.69, 9.17) is 9.26 Å². The van der Waals surface area contributed by atoms with Gasteiger partial charge in [0.1, 0.15) is 6.42 Å². The highest BCUT2D eigenvalue weighted by atomic mass is 16.5. The Hall–Kier alpha value is -2.44. The van der Waals surface area contributed by atoms with Gasteiger partial charge in [-0.15, -0.1) is 0 Å². The number of pyridine rings is 1. The first-order chi connectivity index (χ1) is 9.21. The summed E-state index contributed by atoms with van der Waals surface area (Å²) in [5.74, 6) is 0.860. The molecule has 0 aliphatic heterocycles. The maximum Gasteiger partial charge on any atom is 0.315 e. The molecule has 0 spiro atoms. The van der Waals surface area contributed by atoms with Crippen molar-refractivity contribution in [3.8, 4) is 5.88 Å². The van der Waals surface area contributed by atoms with Crippen LogP contribution in [0.15, 0.2) is 22.9 Å². The molecule has 0 saturated carbocycles. The van der Waals surface area contributed by atoms with Gasteiger partial charge in [-0.2, -0.15) is 4.98 Å². The normalized spacial score (nSPS) is 10.2. The number of carbonyl (C=O) groups is 1. The topological polar surface area (TPSA) is 87.3 Å². The zero-order valence-electron chi connectivity index (χ0n) is 10.6. The van der Waals surface area contributed by atoms with Crippen LogP contribution in [0.1, 0.15) is 17.3 Å². The SMILES string of the molecule is COC(=O)Cc1nc(Cc2ccc(OC)nc2)no1. The Kier molecular flexibility index (Phi) is 4.07. The first-order valence-corrected chi connectivity index (χ1v) is 5.58. The van der Waals surface area contributed by atoms with Crippen LogP contribution < -0.4 is 4.74 Å². The van der Waals surface area contributed by atoms with E-state index in [1.807, 2.05) is 6.07 Å². The van der Waals surface area contributed by atoms with Crippen LogP contribution in [0, 0.1) is 0 Å². The van der Waals surface area contributed by atoms with E-state index in [0.29, 0.717) is 18.1 Å². The molecule has 0 fully saturated rings. The first kappa shape index (κ1) is 13.0. The van der Waals surface area contributed by atoms with Crippen LogP contribution >= 0.6 is 0 Å². The van der Waals surface area contributed by atoms with Crippen LogP contribution in [0.3, 0.4) is 0 Å². The number of rotatable bonds is 5. The van der Waals surface area contributed by atoms with Gasteiger partial charge >= 0.3 is 5.97 Å². The Morgan fingerprint density at radius 2 is 2.21 bits per heavy atom. The maximum absolute atomic E-state index is 11.0. The van der Waals surface area contributed by atoms with Gasteiger partial charge in [0.05, 0.1) is 14.2 Å². The van der Waals surface area contributed by atoms with Crippen LogP contribution in [0.5, 0.6) is 5.88 Å². The van der Waals surface area contributed by atoms with Gasteiger partial charge in [0.25, 0.3) is 0 Å². The predicted molar refractivity (Wildman–Crippen MR) is 63.6 cm³/mol. The standard InChI is InChI=1S/C12H13N3O4/c1-17-10-4-3-8(7-13-10)5-9-14-11(19-15-9)6-12(16)18-2/h3-4,7H,5-6H2,1-2H3. The van der Waals surface area contributed by atoms with E-state index in [0.717, 1.165) is 5.56 Å². The fraction of sp³-hybridized carbons (Fsp3) is 0.333. The molecule has 7 nitrogen and oxygen atoms in total. The fourth-order valence-electron chi connectivity index (χ4n) is 1.45. The molecule has 0 N–H and O–H groups in total. The monoisotopic (exact) mass is 263 g/mol. The van der Waals surface area contributed by atoms with Gasteiger partial charge in [-0.05, 0) is 5.56 Å². The lowest BCUT2D eigenvalue weighted by molar-refractivity contribution is -0.140. The van der Waals surface area contributed by atoms with Gasteiger partial charge in [0.15, 0.2) is 5.82 Å². The fourth-order valence-corrected chi connectivity index (χ4v) is 1.45. The minimum atomic E-state index is -0.415. The predicted octanol–water partition coefficient (Wildman–Crippen LogP) is 0.779. The molecule has 0 aliphatic carbocycles. The molecule has 2 heterocycles. The van der Waals surface area contributed by atoms with Gasteiger partial charge in [-0.1, -0.05) is 11.2 Å². The van der Waals surface area contributed by atoms with Crippen molar-refractivity contribution in [1.82, 2.24) is 15.1 Å². The lowest BCUT2D eigenvalue weighted by Crippen LogP contribution is -2.04. The number of nitrogens with zero attached hydrogens (tertiary/aromatic N) is 3. The summed E-state index contributed by atoms with van der Waals surface area (Å²) in [7, 11) is 2.86. The Balaban J connectivity index is 2.00. The van der Waals surface area contributed by atoms with Crippen molar-refractivity contribution in [3.63, 3.8) is 0 Å². The molecule has 19 heavy (non-hydrogen) atoms. The Morgan fingerprint density at radius 1 is 1.37 bits per heavy atom. The third-order valence-electron chi connectivity index (χ3n) is 2.40. The number of esters is 1. The Labute approximate surface area is 109 Å². The molecule has 7 heteroatoms. The summed E-state index contributed by atoms with van der Waals surface area (Å²) in [5, 5.41) is 3.79. The van der Waals surface area contributed by atoms with E-state index in [1.165, 1.54) is 7.11 Å². The largest absolute Gasteiger partial charge is 0.481 e. The third-order valence-corrected chi connectivity index (χ3v) is 2.40. The van der Waals surface area contributed by atoms with Crippen molar-refractivity contribution in [1.29, 1.82) is 0 Å². The smallest absolute Gasteiger partial charge is 0.315 e. The summed E-state index contributed by atoms with van der Waals surface area (Å²) >= 11 is 0. The molecule has 2 rings (SSSR count). The summed E-state index contributed by atoms with van der Waals surface area (Å²) in [6.45, 7) is 0. The Bertz CT molecular complexity index is 550. The average Bonchev–Trinajstić information content (AvgIpc) is 2.86. The van der Waals surface area contributed by atoms with E-state index in [9.17, 15) is 4.79 Å². The molecule has 0 amide bonds.